The van der Waals surface area contributed by atoms with Gasteiger partial charge in [-0.05, 0) is 18.2 Å². The topological polar surface area (TPSA) is 29.9 Å². The Hall–Kier alpha value is -1.32. The molecule has 0 saturated heterocycles. The Balaban J connectivity index is 2.24. The molecule has 0 aliphatic rings. The van der Waals surface area contributed by atoms with Crippen LogP contribution in [0.2, 0.25) is 5.02 Å². The summed E-state index contributed by atoms with van der Waals surface area (Å²) in [6.45, 7) is 3.00. The van der Waals surface area contributed by atoms with Gasteiger partial charge in [-0.25, -0.2) is 4.98 Å². The van der Waals surface area contributed by atoms with Crippen LogP contribution < -0.4 is 5.32 Å². The lowest BCUT2D eigenvalue weighted by Gasteiger charge is -2.19. The van der Waals surface area contributed by atoms with Crippen LogP contribution in [-0.2, 0) is 13.5 Å². The molecule has 0 bridgehead atoms. The number of nitrogens with zero attached hydrogens (tertiary/aromatic N) is 2. The molecule has 3 nitrogen and oxygen atoms in total. The van der Waals surface area contributed by atoms with Crippen LogP contribution in [-0.4, -0.2) is 16.1 Å². The van der Waals surface area contributed by atoms with Crippen LogP contribution in [0.25, 0.3) is 0 Å². The maximum atomic E-state index is 6.27. The van der Waals surface area contributed by atoms with Gasteiger partial charge in [-0.15, -0.1) is 0 Å². The summed E-state index contributed by atoms with van der Waals surface area (Å²) in [5.41, 5.74) is 1.13. The predicted octanol–water partition coefficient (Wildman–Crippen LogP) is 2.97. The highest BCUT2D eigenvalue weighted by Gasteiger charge is 2.15. The molecule has 1 N–H and O–H groups in total. The molecule has 2 aromatic rings. The van der Waals surface area contributed by atoms with E-state index in [0.717, 1.165) is 29.4 Å². The molecule has 0 fully saturated rings. The van der Waals surface area contributed by atoms with Gasteiger partial charge in [0.15, 0.2) is 0 Å². The van der Waals surface area contributed by atoms with E-state index in [9.17, 15) is 0 Å². The van der Waals surface area contributed by atoms with Crippen molar-refractivity contribution in [2.75, 3.05) is 6.54 Å². The summed E-state index contributed by atoms with van der Waals surface area (Å²) in [5, 5.41) is 4.27. The van der Waals surface area contributed by atoms with Crippen molar-refractivity contribution in [2.45, 2.75) is 19.4 Å². The molecule has 4 heteroatoms. The Morgan fingerprint density at radius 3 is 2.78 bits per heavy atom. The molecule has 2 rings (SSSR count). The first-order chi connectivity index (χ1) is 8.72. The molecule has 1 aromatic carbocycles. The van der Waals surface area contributed by atoms with Gasteiger partial charge in [0.2, 0.25) is 0 Å². The van der Waals surface area contributed by atoms with Gasteiger partial charge in [-0.3, -0.25) is 0 Å². The van der Waals surface area contributed by atoms with E-state index in [-0.39, 0.29) is 6.04 Å². The fourth-order valence-corrected chi connectivity index (χ4v) is 2.34. The highest BCUT2D eigenvalue weighted by Crippen LogP contribution is 2.25. The molecular weight excluding hydrogens is 246 g/mol. The van der Waals surface area contributed by atoms with E-state index in [0.29, 0.717) is 0 Å². The third kappa shape index (κ3) is 2.92. The number of imidazole rings is 1. The third-order valence-corrected chi connectivity index (χ3v) is 3.38. The lowest BCUT2D eigenvalue weighted by atomic mass is 10.0. The van der Waals surface area contributed by atoms with E-state index in [1.807, 2.05) is 42.2 Å². The summed E-state index contributed by atoms with van der Waals surface area (Å²) in [7, 11) is 2.01. The number of aromatic nitrogens is 2. The van der Waals surface area contributed by atoms with Crippen LogP contribution in [0.4, 0.5) is 0 Å². The lowest BCUT2D eigenvalue weighted by Crippen LogP contribution is -2.24. The molecule has 0 amide bonds. The average molecular weight is 264 g/mol. The van der Waals surface area contributed by atoms with Gasteiger partial charge in [0.25, 0.3) is 0 Å². The van der Waals surface area contributed by atoms with Crippen LogP contribution in [0.15, 0.2) is 36.7 Å². The minimum absolute atomic E-state index is 0.199. The third-order valence-electron chi connectivity index (χ3n) is 3.04. The van der Waals surface area contributed by atoms with Crippen molar-refractivity contribution in [3.8, 4) is 0 Å². The molecule has 1 aromatic heterocycles. The quantitative estimate of drug-likeness (QED) is 0.899. The molecule has 1 unspecified atom stereocenters. The Morgan fingerprint density at radius 1 is 1.39 bits per heavy atom. The Morgan fingerprint density at radius 2 is 2.17 bits per heavy atom. The van der Waals surface area contributed by atoms with Gasteiger partial charge in [0.1, 0.15) is 5.82 Å². The minimum atomic E-state index is 0.199. The molecule has 0 spiro atoms. The summed E-state index contributed by atoms with van der Waals surface area (Å²) in [6, 6.07) is 8.17. The normalized spacial score (nSPS) is 12.6. The van der Waals surface area contributed by atoms with Gasteiger partial charge < -0.3 is 9.88 Å². The first kappa shape index (κ1) is 13.1. The van der Waals surface area contributed by atoms with Crippen LogP contribution in [0, 0.1) is 0 Å². The van der Waals surface area contributed by atoms with Crippen LogP contribution in [0.5, 0.6) is 0 Å². The standard InChI is InChI=1S/C14H18ClN3/c1-3-16-13(10-14-17-8-9-18(14)2)11-6-4-5-7-12(11)15/h4-9,13,16H,3,10H2,1-2H3. The number of hydrogen-bond donors (Lipinski definition) is 1. The predicted molar refractivity (Wildman–Crippen MR) is 74.8 cm³/mol. The number of benzene rings is 1. The second-order valence-corrected chi connectivity index (χ2v) is 4.70. The Labute approximate surface area is 113 Å². The lowest BCUT2D eigenvalue weighted by molar-refractivity contribution is 0.529. The SMILES string of the molecule is CCNC(Cc1nccn1C)c1ccccc1Cl. The Kier molecular flexibility index (Phi) is 4.39. The molecule has 18 heavy (non-hydrogen) atoms. The monoisotopic (exact) mass is 263 g/mol. The van der Waals surface area contributed by atoms with E-state index in [1.54, 1.807) is 0 Å². The summed E-state index contributed by atoms with van der Waals surface area (Å²) in [6.07, 6.45) is 4.62. The zero-order valence-corrected chi connectivity index (χ0v) is 11.5. The highest BCUT2D eigenvalue weighted by molar-refractivity contribution is 6.31. The van der Waals surface area contributed by atoms with Crippen molar-refractivity contribution in [3.05, 3.63) is 53.1 Å². The number of rotatable bonds is 5. The van der Waals surface area contributed by atoms with Gasteiger partial charge in [-0.2, -0.15) is 0 Å². The molecule has 0 saturated carbocycles. The number of halogens is 1. The fraction of sp³-hybridized carbons (Fsp3) is 0.357. The van der Waals surface area contributed by atoms with Crippen LogP contribution in [0.1, 0.15) is 24.4 Å². The fourth-order valence-electron chi connectivity index (χ4n) is 2.07. The number of aryl methyl sites for hydroxylation is 1. The maximum absolute atomic E-state index is 6.27. The van der Waals surface area contributed by atoms with Gasteiger partial charge in [-0.1, -0.05) is 36.7 Å². The first-order valence-corrected chi connectivity index (χ1v) is 6.54. The largest absolute Gasteiger partial charge is 0.338 e. The molecule has 0 radical (unpaired) electrons. The van der Waals surface area contributed by atoms with Crippen molar-refractivity contribution in [1.29, 1.82) is 0 Å². The first-order valence-electron chi connectivity index (χ1n) is 6.16. The van der Waals surface area contributed by atoms with Crippen LogP contribution in [0.3, 0.4) is 0 Å². The Bertz CT molecular complexity index is 507. The second-order valence-electron chi connectivity index (χ2n) is 4.29. The summed E-state index contributed by atoms with van der Waals surface area (Å²) < 4.78 is 2.04. The van der Waals surface area contributed by atoms with E-state index in [2.05, 4.69) is 23.3 Å². The van der Waals surface area contributed by atoms with E-state index < -0.39 is 0 Å². The summed E-state index contributed by atoms with van der Waals surface area (Å²) in [4.78, 5) is 4.37. The van der Waals surface area contributed by atoms with Gasteiger partial charge >= 0.3 is 0 Å². The van der Waals surface area contributed by atoms with Gasteiger partial charge in [0, 0.05) is 36.9 Å². The number of nitrogens with one attached hydrogen (secondary N) is 1. The van der Waals surface area contributed by atoms with Crippen LogP contribution >= 0.6 is 11.6 Å². The molecule has 1 heterocycles. The van der Waals surface area contributed by atoms with Gasteiger partial charge in [0.05, 0.1) is 0 Å². The maximum Gasteiger partial charge on any atom is 0.110 e. The zero-order valence-electron chi connectivity index (χ0n) is 10.7. The summed E-state index contributed by atoms with van der Waals surface area (Å²) >= 11 is 6.27. The van der Waals surface area contributed by atoms with Crippen molar-refractivity contribution < 1.29 is 0 Å². The zero-order chi connectivity index (χ0) is 13.0. The van der Waals surface area contributed by atoms with E-state index >= 15 is 0 Å². The minimum Gasteiger partial charge on any atom is -0.338 e. The van der Waals surface area contributed by atoms with Crippen molar-refractivity contribution >= 4 is 11.6 Å². The van der Waals surface area contributed by atoms with Crippen molar-refractivity contribution in [3.63, 3.8) is 0 Å². The van der Waals surface area contributed by atoms with E-state index in [4.69, 9.17) is 11.6 Å². The van der Waals surface area contributed by atoms with Crippen molar-refractivity contribution in [2.24, 2.45) is 7.05 Å². The molecule has 0 aliphatic heterocycles. The second kappa shape index (κ2) is 6.03. The average Bonchev–Trinajstić information content (AvgIpc) is 2.75. The number of hydrogen-bond acceptors (Lipinski definition) is 2. The molecule has 1 atom stereocenters. The number of likely N-dealkylation sites (N-methyl/N-ethyl adjacent to an activating group) is 1. The van der Waals surface area contributed by atoms with E-state index in [1.165, 1.54) is 0 Å². The van der Waals surface area contributed by atoms with Crippen molar-refractivity contribution in [1.82, 2.24) is 14.9 Å². The molecule has 0 aliphatic carbocycles. The highest BCUT2D eigenvalue weighted by atomic mass is 35.5. The molecule has 96 valence electrons. The summed E-state index contributed by atoms with van der Waals surface area (Å²) in [5.74, 6) is 1.06. The smallest absolute Gasteiger partial charge is 0.110 e. The molecular formula is C14H18ClN3.